The van der Waals surface area contributed by atoms with E-state index >= 15 is 0 Å². The number of methoxy groups -OCH3 is 1. The zero-order chi connectivity index (χ0) is 14.7. The van der Waals surface area contributed by atoms with Gasteiger partial charge in [0.05, 0.1) is 25.4 Å². The first-order valence-electron chi connectivity index (χ1n) is 8.11. The van der Waals surface area contributed by atoms with Gasteiger partial charge in [-0.2, -0.15) is 0 Å². The summed E-state index contributed by atoms with van der Waals surface area (Å²) in [6, 6.07) is 0. The average Bonchev–Trinajstić information content (AvgIpc) is 3.13. The minimum Gasteiger partial charge on any atom is -0.387 e. The lowest BCUT2D eigenvalue weighted by Gasteiger charge is -2.50. The highest BCUT2D eigenvalue weighted by Crippen LogP contribution is 2.74. The van der Waals surface area contributed by atoms with Crippen molar-refractivity contribution in [2.75, 3.05) is 33.7 Å². The van der Waals surface area contributed by atoms with Crippen LogP contribution in [0.4, 0.5) is 0 Å². The molecule has 1 saturated heterocycles. The van der Waals surface area contributed by atoms with Crippen molar-refractivity contribution in [3.8, 4) is 0 Å². The lowest BCUT2D eigenvalue weighted by atomic mass is 9.61. The molecular formula is C16H26O5. The second-order valence-corrected chi connectivity index (χ2v) is 7.58. The molecule has 1 N–H and O–H groups in total. The fourth-order valence-electron chi connectivity index (χ4n) is 5.67. The molecule has 0 radical (unpaired) electrons. The third-order valence-corrected chi connectivity index (χ3v) is 6.49. The van der Waals surface area contributed by atoms with Crippen molar-refractivity contribution in [3.05, 3.63) is 0 Å². The summed E-state index contributed by atoms with van der Waals surface area (Å²) in [5.41, 5.74) is -0.587. The van der Waals surface area contributed by atoms with E-state index in [0.29, 0.717) is 31.7 Å². The summed E-state index contributed by atoms with van der Waals surface area (Å²) < 4.78 is 22.4. The van der Waals surface area contributed by atoms with Crippen LogP contribution in [0.15, 0.2) is 0 Å². The highest BCUT2D eigenvalue weighted by molar-refractivity contribution is 5.22. The minimum atomic E-state index is -0.696. The van der Waals surface area contributed by atoms with Crippen LogP contribution in [0.1, 0.15) is 32.6 Å². The lowest BCUT2D eigenvalue weighted by molar-refractivity contribution is -0.229. The molecule has 0 amide bonds. The lowest BCUT2D eigenvalue weighted by Crippen LogP contribution is -2.53. The molecule has 4 rings (SSSR count). The molecule has 1 heterocycles. The quantitative estimate of drug-likeness (QED) is 0.630. The first-order valence-corrected chi connectivity index (χ1v) is 8.11. The molecule has 0 bridgehead atoms. The van der Waals surface area contributed by atoms with E-state index in [9.17, 15) is 5.11 Å². The number of aliphatic hydroxyl groups is 1. The Labute approximate surface area is 125 Å². The maximum absolute atomic E-state index is 11.3. The van der Waals surface area contributed by atoms with Crippen molar-refractivity contribution < 1.29 is 24.1 Å². The van der Waals surface area contributed by atoms with Gasteiger partial charge < -0.3 is 24.1 Å². The third kappa shape index (κ3) is 1.94. The van der Waals surface area contributed by atoms with Crippen LogP contribution in [0.5, 0.6) is 0 Å². The van der Waals surface area contributed by atoms with Gasteiger partial charge in [0.2, 0.25) is 0 Å². The summed E-state index contributed by atoms with van der Waals surface area (Å²) in [7, 11) is 1.61. The van der Waals surface area contributed by atoms with Crippen molar-refractivity contribution in [3.63, 3.8) is 0 Å². The van der Waals surface area contributed by atoms with Crippen molar-refractivity contribution in [2.45, 2.75) is 44.0 Å². The largest absolute Gasteiger partial charge is 0.387 e. The van der Waals surface area contributed by atoms with E-state index in [-0.39, 0.29) is 23.9 Å². The van der Waals surface area contributed by atoms with Gasteiger partial charge in [0.1, 0.15) is 6.79 Å². The summed E-state index contributed by atoms with van der Waals surface area (Å²) in [5, 5.41) is 11.3. The Bertz CT molecular complexity index is 421. The Hall–Kier alpha value is -0.200. The van der Waals surface area contributed by atoms with Gasteiger partial charge in [-0.15, -0.1) is 0 Å². The Kier molecular flexibility index (Phi) is 3.19. The molecule has 4 aliphatic rings. The molecule has 3 aliphatic carbocycles. The predicted molar refractivity (Wildman–Crippen MR) is 74.5 cm³/mol. The Morgan fingerprint density at radius 3 is 2.71 bits per heavy atom. The molecule has 4 fully saturated rings. The van der Waals surface area contributed by atoms with Crippen molar-refractivity contribution in [2.24, 2.45) is 23.2 Å². The van der Waals surface area contributed by atoms with E-state index in [2.05, 4.69) is 6.92 Å². The summed E-state index contributed by atoms with van der Waals surface area (Å²) >= 11 is 0. The number of hydrogen-bond acceptors (Lipinski definition) is 5. The molecule has 120 valence electrons. The van der Waals surface area contributed by atoms with Gasteiger partial charge in [-0.25, -0.2) is 0 Å². The second-order valence-electron chi connectivity index (χ2n) is 7.58. The Morgan fingerprint density at radius 1 is 1.24 bits per heavy atom. The van der Waals surface area contributed by atoms with Crippen molar-refractivity contribution in [1.82, 2.24) is 0 Å². The second kappa shape index (κ2) is 4.65. The van der Waals surface area contributed by atoms with Crippen LogP contribution in [0, 0.1) is 23.2 Å². The van der Waals surface area contributed by atoms with Gasteiger partial charge >= 0.3 is 0 Å². The van der Waals surface area contributed by atoms with Crippen LogP contribution in [0.2, 0.25) is 0 Å². The minimum absolute atomic E-state index is 0.110. The van der Waals surface area contributed by atoms with Gasteiger partial charge in [-0.1, -0.05) is 6.92 Å². The number of ether oxygens (including phenoxy) is 4. The molecular weight excluding hydrogens is 272 g/mol. The van der Waals surface area contributed by atoms with Crippen LogP contribution >= 0.6 is 0 Å². The fraction of sp³-hybridized carbons (Fsp3) is 1.00. The van der Waals surface area contributed by atoms with Crippen molar-refractivity contribution >= 4 is 0 Å². The Morgan fingerprint density at radius 2 is 2.00 bits per heavy atom. The summed E-state index contributed by atoms with van der Waals surface area (Å²) in [5.74, 6) is 0.866. The van der Waals surface area contributed by atoms with E-state index in [1.54, 1.807) is 7.11 Å². The monoisotopic (exact) mass is 298 g/mol. The number of rotatable bonds is 4. The van der Waals surface area contributed by atoms with E-state index in [1.165, 1.54) is 0 Å². The zero-order valence-electron chi connectivity index (χ0n) is 13.0. The topological polar surface area (TPSA) is 57.2 Å². The number of hydrogen-bond donors (Lipinski definition) is 1. The maximum atomic E-state index is 11.3. The first kappa shape index (κ1) is 14.4. The SMILES string of the molecule is COCOC[C@]1(O)[C@@H]2CCC3(C[C@@]2(C)[C@@H]2C[C@@H]21)OCCO3. The highest BCUT2D eigenvalue weighted by Gasteiger charge is 2.75. The van der Waals surface area contributed by atoms with Crippen molar-refractivity contribution in [1.29, 1.82) is 0 Å². The highest BCUT2D eigenvalue weighted by atomic mass is 16.7. The van der Waals surface area contributed by atoms with E-state index in [1.807, 2.05) is 0 Å². The molecule has 0 unspecified atom stereocenters. The molecule has 5 heteroatoms. The molecule has 5 atom stereocenters. The zero-order valence-corrected chi connectivity index (χ0v) is 13.0. The molecule has 0 aromatic carbocycles. The first-order chi connectivity index (χ1) is 10.0. The molecule has 0 aromatic rings. The van der Waals surface area contributed by atoms with E-state index < -0.39 is 5.60 Å². The van der Waals surface area contributed by atoms with Crippen LogP contribution in [0.3, 0.4) is 0 Å². The van der Waals surface area contributed by atoms with Crippen LogP contribution in [-0.4, -0.2) is 50.2 Å². The standard InChI is InChI=1S/C16H26O5/c1-14-8-15(20-5-6-21-15)4-3-13(14)16(17,9-19-10-18-2)12-7-11(12)14/h11-13,17H,3-10H2,1-2H3/t11-,12+,13-,14+,16-/m1/s1. The van der Waals surface area contributed by atoms with Gasteiger partial charge in [0.15, 0.2) is 5.79 Å². The molecule has 0 aromatic heterocycles. The van der Waals surface area contributed by atoms with Crippen LogP contribution in [-0.2, 0) is 18.9 Å². The summed E-state index contributed by atoms with van der Waals surface area (Å²) in [4.78, 5) is 0. The van der Waals surface area contributed by atoms with E-state index in [0.717, 1.165) is 25.7 Å². The summed E-state index contributed by atoms with van der Waals surface area (Å²) in [6.07, 6.45) is 3.87. The third-order valence-electron chi connectivity index (χ3n) is 6.49. The normalized spacial score (nSPS) is 50.1. The predicted octanol–water partition coefficient (Wildman–Crippen LogP) is 1.54. The Balaban J connectivity index is 1.55. The molecule has 1 spiro atoms. The van der Waals surface area contributed by atoms with Crippen LogP contribution in [0.25, 0.3) is 0 Å². The molecule has 1 aliphatic heterocycles. The van der Waals surface area contributed by atoms with Gasteiger partial charge in [0, 0.05) is 20.0 Å². The van der Waals surface area contributed by atoms with Crippen LogP contribution < -0.4 is 0 Å². The molecule has 5 nitrogen and oxygen atoms in total. The smallest absolute Gasteiger partial charge is 0.169 e. The summed E-state index contributed by atoms with van der Waals surface area (Å²) in [6.45, 7) is 4.37. The van der Waals surface area contributed by atoms with E-state index in [4.69, 9.17) is 18.9 Å². The number of fused-ring (bicyclic) bond motifs is 3. The maximum Gasteiger partial charge on any atom is 0.169 e. The molecule has 21 heavy (non-hydrogen) atoms. The van der Waals surface area contributed by atoms with Gasteiger partial charge in [0.25, 0.3) is 0 Å². The fourth-order valence-corrected chi connectivity index (χ4v) is 5.67. The van der Waals surface area contributed by atoms with Gasteiger partial charge in [-0.3, -0.25) is 0 Å². The molecule has 3 saturated carbocycles. The van der Waals surface area contributed by atoms with Gasteiger partial charge in [-0.05, 0) is 36.0 Å². The average molecular weight is 298 g/mol.